The van der Waals surface area contributed by atoms with E-state index in [4.69, 9.17) is 0 Å². The molecule has 2 aromatic heterocycles. The first-order chi connectivity index (χ1) is 12.5. The number of hydrogen-bond acceptors (Lipinski definition) is 5. The lowest BCUT2D eigenvalue weighted by atomic mass is 10.2. The number of carbonyl (C=O) groups is 1. The van der Waals surface area contributed by atoms with E-state index < -0.39 is 4.92 Å². The first-order valence-electron chi connectivity index (χ1n) is 7.74. The van der Waals surface area contributed by atoms with Gasteiger partial charge in [0.15, 0.2) is 0 Å². The molecule has 10 heteroatoms. The molecule has 0 spiro atoms. The summed E-state index contributed by atoms with van der Waals surface area (Å²) in [7, 11) is 0. The Morgan fingerprint density at radius 2 is 2.00 bits per heavy atom. The number of nitro groups is 1. The molecule has 26 heavy (non-hydrogen) atoms. The second-order valence-corrected chi connectivity index (χ2v) is 6.46. The molecule has 1 N–H and O–H groups in total. The maximum absolute atomic E-state index is 12.0. The summed E-state index contributed by atoms with van der Waals surface area (Å²) in [5.41, 5.74) is 1.69. The number of anilines is 1. The fourth-order valence-electron chi connectivity index (χ4n) is 2.30. The lowest BCUT2D eigenvalue weighted by Gasteiger charge is -2.03. The Labute approximate surface area is 156 Å². The van der Waals surface area contributed by atoms with Gasteiger partial charge in [0.05, 0.1) is 42.3 Å². The summed E-state index contributed by atoms with van der Waals surface area (Å²) in [6.07, 6.45) is 4.95. The van der Waals surface area contributed by atoms with E-state index in [1.54, 1.807) is 17.1 Å². The zero-order chi connectivity index (χ0) is 18.5. The van der Waals surface area contributed by atoms with Gasteiger partial charge >= 0.3 is 5.82 Å². The molecule has 0 saturated carbocycles. The van der Waals surface area contributed by atoms with Gasteiger partial charge in [-0.25, -0.2) is 0 Å². The Hall–Kier alpha value is -3.01. The molecule has 9 nitrogen and oxygen atoms in total. The Balaban J connectivity index is 1.50. The molecule has 0 saturated heterocycles. The molecule has 0 fully saturated rings. The molecule has 0 unspecified atom stereocenters. The fourth-order valence-corrected chi connectivity index (χ4v) is 2.57. The lowest BCUT2D eigenvalue weighted by molar-refractivity contribution is -0.389. The summed E-state index contributed by atoms with van der Waals surface area (Å²) in [6.45, 7) is 0.854. The highest BCUT2D eigenvalue weighted by molar-refractivity contribution is 9.10. The van der Waals surface area contributed by atoms with Gasteiger partial charge in [-0.3, -0.25) is 9.48 Å². The van der Waals surface area contributed by atoms with Gasteiger partial charge in [-0.1, -0.05) is 28.1 Å². The molecule has 0 aliphatic heterocycles. The average molecular weight is 419 g/mol. The van der Waals surface area contributed by atoms with Gasteiger partial charge in [0, 0.05) is 17.1 Å². The van der Waals surface area contributed by atoms with Crippen molar-refractivity contribution in [1.82, 2.24) is 19.6 Å². The molecular formula is C16H15BrN6O3. The quantitative estimate of drug-likeness (QED) is 0.468. The molecule has 0 bridgehead atoms. The zero-order valence-electron chi connectivity index (χ0n) is 13.6. The predicted molar refractivity (Wildman–Crippen MR) is 97.6 cm³/mol. The van der Waals surface area contributed by atoms with E-state index in [0.29, 0.717) is 12.2 Å². The highest BCUT2D eigenvalue weighted by Crippen LogP contribution is 2.13. The van der Waals surface area contributed by atoms with Crippen LogP contribution in [-0.2, 0) is 17.9 Å². The Morgan fingerprint density at radius 1 is 1.23 bits per heavy atom. The Bertz CT molecular complexity index is 918. The molecule has 1 amide bonds. The van der Waals surface area contributed by atoms with Crippen molar-refractivity contribution in [1.29, 1.82) is 0 Å². The van der Waals surface area contributed by atoms with E-state index in [9.17, 15) is 14.9 Å². The van der Waals surface area contributed by atoms with Crippen LogP contribution in [-0.4, -0.2) is 30.4 Å². The van der Waals surface area contributed by atoms with Crippen molar-refractivity contribution in [2.24, 2.45) is 0 Å². The van der Waals surface area contributed by atoms with Crippen LogP contribution >= 0.6 is 15.9 Å². The van der Waals surface area contributed by atoms with E-state index in [0.717, 1.165) is 10.0 Å². The summed E-state index contributed by atoms with van der Waals surface area (Å²) in [6, 6.07) is 9.20. The Morgan fingerprint density at radius 3 is 2.69 bits per heavy atom. The zero-order valence-corrected chi connectivity index (χ0v) is 15.2. The largest absolute Gasteiger partial charge is 0.389 e. The Kier molecular flexibility index (Phi) is 5.42. The molecular weight excluding hydrogens is 404 g/mol. The molecule has 3 aromatic rings. The number of halogens is 1. The number of aromatic nitrogens is 4. The van der Waals surface area contributed by atoms with E-state index in [1.165, 1.54) is 16.9 Å². The normalized spacial score (nSPS) is 10.7. The smallest absolute Gasteiger partial charge is 0.358 e. The second kappa shape index (κ2) is 7.91. The van der Waals surface area contributed by atoms with Crippen LogP contribution < -0.4 is 5.32 Å². The standard InChI is InChI=1S/C16H15BrN6O3/c17-13-3-1-12(2-4-13)10-22-11-14(9-18-22)19-16(24)6-8-21-7-5-15(20-21)23(25)26/h1-5,7,9,11H,6,8,10H2,(H,19,24). The first kappa shape index (κ1) is 17.8. The van der Waals surface area contributed by atoms with Crippen LogP contribution in [0.15, 0.2) is 53.4 Å². The minimum atomic E-state index is -0.573. The minimum Gasteiger partial charge on any atom is -0.358 e. The van der Waals surface area contributed by atoms with Crippen molar-refractivity contribution < 1.29 is 9.72 Å². The maximum atomic E-state index is 12.0. The summed E-state index contributed by atoms with van der Waals surface area (Å²) in [5, 5.41) is 21.3. The third-order valence-electron chi connectivity index (χ3n) is 3.56. The summed E-state index contributed by atoms with van der Waals surface area (Å²) in [4.78, 5) is 22.0. The maximum Gasteiger partial charge on any atom is 0.389 e. The molecule has 0 radical (unpaired) electrons. The van der Waals surface area contributed by atoms with Gasteiger partial charge in [-0.2, -0.15) is 9.78 Å². The highest BCUT2D eigenvalue weighted by atomic mass is 79.9. The third kappa shape index (κ3) is 4.76. The number of nitrogens with zero attached hydrogens (tertiary/aromatic N) is 5. The van der Waals surface area contributed by atoms with Crippen molar-refractivity contribution in [3.05, 3.63) is 69.1 Å². The van der Waals surface area contributed by atoms with E-state index in [1.807, 2.05) is 24.3 Å². The number of carbonyl (C=O) groups excluding carboxylic acids is 1. The van der Waals surface area contributed by atoms with Crippen LogP contribution in [0.3, 0.4) is 0 Å². The van der Waals surface area contributed by atoms with Gasteiger partial charge in [0.1, 0.15) is 0 Å². The first-order valence-corrected chi connectivity index (χ1v) is 8.53. The van der Waals surface area contributed by atoms with Crippen LogP contribution in [0.2, 0.25) is 0 Å². The molecule has 0 aliphatic carbocycles. The predicted octanol–water partition coefficient (Wildman–Crippen LogP) is 2.83. The minimum absolute atomic E-state index is 0.150. The van der Waals surface area contributed by atoms with Crippen LogP contribution in [0.25, 0.3) is 0 Å². The van der Waals surface area contributed by atoms with Crippen molar-refractivity contribution in [3.63, 3.8) is 0 Å². The summed E-state index contributed by atoms with van der Waals surface area (Å²) >= 11 is 3.39. The van der Waals surface area contributed by atoms with Gasteiger partial charge < -0.3 is 15.4 Å². The van der Waals surface area contributed by atoms with Crippen molar-refractivity contribution in [2.45, 2.75) is 19.5 Å². The number of amides is 1. The summed E-state index contributed by atoms with van der Waals surface area (Å²) < 4.78 is 4.11. The number of rotatable bonds is 7. The van der Waals surface area contributed by atoms with Crippen LogP contribution in [0.5, 0.6) is 0 Å². The number of nitrogens with one attached hydrogen (secondary N) is 1. The SMILES string of the molecule is O=C(CCn1ccc([N+](=O)[O-])n1)Nc1cnn(Cc2ccc(Br)cc2)c1. The molecule has 3 rings (SSSR count). The molecule has 0 atom stereocenters. The monoisotopic (exact) mass is 418 g/mol. The third-order valence-corrected chi connectivity index (χ3v) is 4.09. The van der Waals surface area contributed by atoms with Crippen LogP contribution in [0.4, 0.5) is 11.5 Å². The molecule has 2 heterocycles. The number of aryl methyl sites for hydroxylation is 1. The molecule has 134 valence electrons. The summed E-state index contributed by atoms with van der Waals surface area (Å²) in [5.74, 6) is -0.453. The van der Waals surface area contributed by atoms with E-state index >= 15 is 0 Å². The fraction of sp³-hybridized carbons (Fsp3) is 0.188. The van der Waals surface area contributed by atoms with E-state index in [-0.39, 0.29) is 24.7 Å². The number of hydrogen-bond donors (Lipinski definition) is 1. The van der Waals surface area contributed by atoms with Gasteiger partial charge in [-0.15, -0.1) is 0 Å². The van der Waals surface area contributed by atoms with Gasteiger partial charge in [0.25, 0.3) is 0 Å². The van der Waals surface area contributed by atoms with Crippen molar-refractivity contribution >= 4 is 33.3 Å². The number of benzene rings is 1. The van der Waals surface area contributed by atoms with Crippen LogP contribution in [0.1, 0.15) is 12.0 Å². The second-order valence-electron chi connectivity index (χ2n) is 5.55. The topological polar surface area (TPSA) is 108 Å². The molecule has 1 aromatic carbocycles. The van der Waals surface area contributed by atoms with Crippen LogP contribution in [0, 0.1) is 10.1 Å². The van der Waals surface area contributed by atoms with Crippen molar-refractivity contribution in [3.8, 4) is 0 Å². The van der Waals surface area contributed by atoms with Gasteiger partial charge in [-0.05, 0) is 22.6 Å². The van der Waals surface area contributed by atoms with Crippen molar-refractivity contribution in [2.75, 3.05) is 5.32 Å². The lowest BCUT2D eigenvalue weighted by Crippen LogP contribution is -2.14. The van der Waals surface area contributed by atoms with Gasteiger partial charge in [0.2, 0.25) is 5.91 Å². The highest BCUT2D eigenvalue weighted by Gasteiger charge is 2.12. The average Bonchev–Trinajstić information content (AvgIpc) is 3.25. The van der Waals surface area contributed by atoms with E-state index in [2.05, 4.69) is 31.4 Å². The molecule has 0 aliphatic rings.